The number of rotatable bonds is 6. The molecule has 0 radical (unpaired) electrons. The minimum atomic E-state index is -0.466. The van der Waals surface area contributed by atoms with E-state index in [-0.39, 0.29) is 17.4 Å². The summed E-state index contributed by atoms with van der Waals surface area (Å²) in [5, 5.41) is 14.2. The molecule has 0 spiro atoms. The van der Waals surface area contributed by atoms with Crippen molar-refractivity contribution in [1.82, 2.24) is 4.98 Å². The molecule has 176 valence electrons. The zero-order valence-electron chi connectivity index (χ0n) is 18.7. The van der Waals surface area contributed by atoms with Gasteiger partial charge in [-0.2, -0.15) is 0 Å². The molecule has 1 N–H and O–H groups in total. The van der Waals surface area contributed by atoms with Crippen molar-refractivity contribution < 1.29 is 14.1 Å². The number of hydrogen-bond acceptors (Lipinski definition) is 5. The number of halogens is 1. The van der Waals surface area contributed by atoms with Gasteiger partial charge in [0.2, 0.25) is 0 Å². The predicted molar refractivity (Wildman–Crippen MR) is 139 cm³/mol. The van der Waals surface area contributed by atoms with Gasteiger partial charge in [0.05, 0.1) is 15.5 Å². The van der Waals surface area contributed by atoms with Crippen LogP contribution in [0.25, 0.3) is 32.8 Å². The Balaban J connectivity index is 1.45. The summed E-state index contributed by atoms with van der Waals surface area (Å²) in [7, 11) is 0. The van der Waals surface area contributed by atoms with Crippen molar-refractivity contribution in [2.75, 3.05) is 5.32 Å². The molecule has 0 aliphatic heterocycles. The van der Waals surface area contributed by atoms with Gasteiger partial charge in [-0.15, -0.1) is 0 Å². The number of carbonyl (C=O) groups is 1. The van der Waals surface area contributed by atoms with Gasteiger partial charge in [0.1, 0.15) is 5.82 Å². The molecule has 0 aliphatic carbocycles. The Kier molecular flexibility index (Phi) is 6.34. The third-order valence-electron chi connectivity index (χ3n) is 5.56. The number of nitro groups is 1. The fourth-order valence-electron chi connectivity index (χ4n) is 3.72. The van der Waals surface area contributed by atoms with Crippen molar-refractivity contribution >= 4 is 28.1 Å². The summed E-state index contributed by atoms with van der Waals surface area (Å²) in [6.45, 7) is 0. The maximum atomic E-state index is 13.5. The highest BCUT2D eigenvalue weighted by Gasteiger charge is 2.18. The minimum Gasteiger partial charge on any atom is -0.298 e. The van der Waals surface area contributed by atoms with E-state index in [1.54, 1.807) is 36.4 Å². The van der Waals surface area contributed by atoms with Crippen LogP contribution in [0.15, 0.2) is 103 Å². The first kappa shape index (κ1) is 23.1. The van der Waals surface area contributed by atoms with Crippen LogP contribution in [0.4, 0.5) is 15.2 Å². The number of benzene rings is 4. The lowest BCUT2D eigenvalue weighted by Gasteiger charge is -2.04. The van der Waals surface area contributed by atoms with Gasteiger partial charge in [-0.25, -0.2) is 9.37 Å². The Labute approximate surface area is 209 Å². The van der Waals surface area contributed by atoms with E-state index in [9.17, 15) is 19.3 Å². The molecular weight excluding hydrogens is 477 g/mol. The number of thiazole rings is 1. The predicted octanol–water partition coefficient (Wildman–Crippen LogP) is 7.44. The monoisotopic (exact) mass is 495 g/mol. The van der Waals surface area contributed by atoms with E-state index in [0.717, 1.165) is 11.1 Å². The molecule has 6 nitrogen and oxygen atoms in total. The zero-order valence-corrected chi connectivity index (χ0v) is 19.5. The van der Waals surface area contributed by atoms with Crippen molar-refractivity contribution in [3.8, 4) is 32.8 Å². The van der Waals surface area contributed by atoms with Crippen LogP contribution >= 0.6 is 11.3 Å². The SMILES string of the molecule is O=C(Nc1nc(-c2ccc(F)cc2)c(-c2ccc([N+](=O)[O-])cc2)s1)c1ccc(-c2ccccc2)cc1. The van der Waals surface area contributed by atoms with Crippen molar-refractivity contribution in [1.29, 1.82) is 0 Å². The van der Waals surface area contributed by atoms with Crippen LogP contribution in [0.3, 0.4) is 0 Å². The van der Waals surface area contributed by atoms with Crippen LogP contribution < -0.4 is 5.32 Å². The third-order valence-corrected chi connectivity index (χ3v) is 6.58. The lowest BCUT2D eigenvalue weighted by molar-refractivity contribution is -0.384. The fraction of sp³-hybridized carbons (Fsp3) is 0. The van der Waals surface area contributed by atoms with Crippen LogP contribution in [0.2, 0.25) is 0 Å². The first-order chi connectivity index (χ1) is 17.5. The number of hydrogen-bond donors (Lipinski definition) is 1. The van der Waals surface area contributed by atoms with Gasteiger partial charge in [0.25, 0.3) is 11.6 Å². The lowest BCUT2D eigenvalue weighted by atomic mass is 10.0. The second-order valence-corrected chi connectivity index (χ2v) is 8.90. The molecule has 0 unspecified atom stereocenters. The Morgan fingerprint density at radius 3 is 2.00 bits per heavy atom. The number of anilines is 1. The largest absolute Gasteiger partial charge is 0.298 e. The number of nitro benzene ring substituents is 1. The highest BCUT2D eigenvalue weighted by atomic mass is 32.1. The van der Waals surface area contributed by atoms with Gasteiger partial charge >= 0.3 is 0 Å². The van der Waals surface area contributed by atoms with Crippen LogP contribution in [-0.4, -0.2) is 15.8 Å². The van der Waals surface area contributed by atoms with E-state index >= 15 is 0 Å². The third kappa shape index (κ3) is 4.89. The Hall–Kier alpha value is -4.69. The van der Waals surface area contributed by atoms with Crippen LogP contribution in [0.5, 0.6) is 0 Å². The van der Waals surface area contributed by atoms with Crippen molar-refractivity contribution in [3.05, 3.63) is 125 Å². The van der Waals surface area contributed by atoms with Crippen molar-refractivity contribution in [2.24, 2.45) is 0 Å². The average Bonchev–Trinajstić information content (AvgIpc) is 3.33. The average molecular weight is 496 g/mol. The second kappa shape index (κ2) is 9.89. The molecule has 0 saturated carbocycles. The van der Waals surface area contributed by atoms with Crippen molar-refractivity contribution in [2.45, 2.75) is 0 Å². The van der Waals surface area contributed by atoms with Gasteiger partial charge in [0, 0.05) is 23.3 Å². The topological polar surface area (TPSA) is 85.1 Å². The van der Waals surface area contributed by atoms with Gasteiger partial charge in [-0.3, -0.25) is 20.2 Å². The first-order valence-corrected chi connectivity index (χ1v) is 11.8. The number of carbonyl (C=O) groups excluding carboxylic acids is 1. The Morgan fingerprint density at radius 2 is 1.36 bits per heavy atom. The van der Waals surface area contributed by atoms with E-state index < -0.39 is 4.92 Å². The second-order valence-electron chi connectivity index (χ2n) is 7.91. The van der Waals surface area contributed by atoms with Gasteiger partial charge in [-0.1, -0.05) is 53.8 Å². The molecule has 36 heavy (non-hydrogen) atoms. The summed E-state index contributed by atoms with van der Waals surface area (Å²) in [4.78, 5) is 28.8. The quantitative estimate of drug-likeness (QED) is 0.196. The Morgan fingerprint density at radius 1 is 0.778 bits per heavy atom. The van der Waals surface area contributed by atoms with E-state index in [2.05, 4.69) is 10.3 Å². The van der Waals surface area contributed by atoms with Crippen LogP contribution in [0, 0.1) is 15.9 Å². The van der Waals surface area contributed by atoms with E-state index in [1.807, 2.05) is 42.5 Å². The molecule has 4 aromatic carbocycles. The van der Waals surface area contributed by atoms with Crippen LogP contribution in [-0.2, 0) is 0 Å². The van der Waals surface area contributed by atoms with E-state index in [4.69, 9.17) is 0 Å². The number of nitrogens with zero attached hydrogens (tertiary/aromatic N) is 2. The highest BCUT2D eigenvalue weighted by Crippen LogP contribution is 2.39. The summed E-state index contributed by atoms with van der Waals surface area (Å²) in [6.07, 6.45) is 0. The van der Waals surface area contributed by atoms with Gasteiger partial charge in [-0.05, 0) is 65.2 Å². The molecule has 0 atom stereocenters. The number of nitrogens with one attached hydrogen (secondary N) is 1. The molecule has 8 heteroatoms. The summed E-state index contributed by atoms with van der Waals surface area (Å²) in [5.41, 5.74) is 4.41. The first-order valence-electron chi connectivity index (χ1n) is 11.0. The molecule has 1 aromatic heterocycles. The zero-order chi connectivity index (χ0) is 25.1. The Bertz CT molecular complexity index is 1530. The standard InChI is InChI=1S/C28H18FN3O3S/c29-23-14-10-20(11-15-23)25-26(21-12-16-24(17-13-21)32(34)35)36-28(30-25)31-27(33)22-8-6-19(7-9-22)18-4-2-1-3-5-18/h1-17H,(H,30,31,33). The molecule has 0 saturated heterocycles. The fourth-order valence-corrected chi connectivity index (χ4v) is 4.71. The maximum absolute atomic E-state index is 13.5. The summed E-state index contributed by atoms with van der Waals surface area (Å²) >= 11 is 1.24. The lowest BCUT2D eigenvalue weighted by Crippen LogP contribution is -2.11. The molecular formula is C28H18FN3O3S. The van der Waals surface area contributed by atoms with Gasteiger partial charge in [0.15, 0.2) is 5.13 Å². The molecule has 1 amide bonds. The molecule has 1 heterocycles. The molecule has 5 aromatic rings. The van der Waals surface area contributed by atoms with Gasteiger partial charge < -0.3 is 0 Å². The minimum absolute atomic E-state index is 0.0286. The molecule has 5 rings (SSSR count). The highest BCUT2D eigenvalue weighted by molar-refractivity contribution is 7.19. The van der Waals surface area contributed by atoms with Crippen LogP contribution in [0.1, 0.15) is 10.4 Å². The number of non-ortho nitro benzene ring substituents is 1. The normalized spacial score (nSPS) is 10.7. The molecule has 0 aliphatic rings. The van der Waals surface area contributed by atoms with E-state index in [1.165, 1.54) is 35.6 Å². The van der Waals surface area contributed by atoms with E-state index in [0.29, 0.717) is 32.4 Å². The molecule has 0 fully saturated rings. The smallest absolute Gasteiger partial charge is 0.269 e. The van der Waals surface area contributed by atoms with Crippen molar-refractivity contribution in [3.63, 3.8) is 0 Å². The number of aromatic nitrogens is 1. The molecule has 0 bridgehead atoms. The summed E-state index contributed by atoms with van der Waals surface area (Å²) in [6, 6.07) is 29.1. The number of amides is 1. The maximum Gasteiger partial charge on any atom is 0.269 e. The summed E-state index contributed by atoms with van der Waals surface area (Å²) in [5.74, 6) is -0.692. The summed E-state index contributed by atoms with van der Waals surface area (Å²) < 4.78 is 13.5.